The molecule has 1 heterocycles. The van der Waals surface area contributed by atoms with Gasteiger partial charge in [-0.05, 0) is 36.3 Å². The van der Waals surface area contributed by atoms with E-state index < -0.39 is 0 Å². The SMILES string of the molecule is COc1ccc(C(C)N2CC(CS)CC2=O)cc1. The second-order valence-electron chi connectivity index (χ2n) is 4.75. The van der Waals surface area contributed by atoms with Crippen LogP contribution in [-0.4, -0.2) is 30.2 Å². The predicted octanol–water partition coefficient (Wildman–Crippen LogP) is 2.53. The average molecular weight is 265 g/mol. The third kappa shape index (κ3) is 2.64. The number of nitrogens with zero attached hydrogens (tertiary/aromatic N) is 1. The quantitative estimate of drug-likeness (QED) is 0.848. The van der Waals surface area contributed by atoms with Crippen LogP contribution in [0.5, 0.6) is 5.75 Å². The molecule has 18 heavy (non-hydrogen) atoms. The van der Waals surface area contributed by atoms with Gasteiger partial charge in [-0.2, -0.15) is 12.6 Å². The van der Waals surface area contributed by atoms with E-state index in [1.807, 2.05) is 29.2 Å². The Morgan fingerprint density at radius 1 is 1.44 bits per heavy atom. The number of likely N-dealkylation sites (tertiary alicyclic amines) is 1. The van der Waals surface area contributed by atoms with E-state index in [4.69, 9.17) is 4.74 Å². The molecule has 1 saturated heterocycles. The molecule has 0 saturated carbocycles. The molecule has 98 valence electrons. The van der Waals surface area contributed by atoms with Crippen molar-refractivity contribution in [2.24, 2.45) is 5.92 Å². The molecule has 0 bridgehead atoms. The molecule has 0 radical (unpaired) electrons. The lowest BCUT2D eigenvalue weighted by Gasteiger charge is -2.25. The van der Waals surface area contributed by atoms with Gasteiger partial charge in [0.2, 0.25) is 5.91 Å². The summed E-state index contributed by atoms with van der Waals surface area (Å²) in [5, 5.41) is 0. The first-order valence-electron chi connectivity index (χ1n) is 6.20. The van der Waals surface area contributed by atoms with E-state index in [0.29, 0.717) is 12.3 Å². The molecule has 3 nitrogen and oxygen atoms in total. The molecular weight excluding hydrogens is 246 g/mol. The fourth-order valence-corrected chi connectivity index (χ4v) is 2.61. The lowest BCUT2D eigenvalue weighted by atomic mass is 10.1. The summed E-state index contributed by atoms with van der Waals surface area (Å²) in [6.07, 6.45) is 0.629. The largest absolute Gasteiger partial charge is 0.497 e. The van der Waals surface area contributed by atoms with Crippen molar-refractivity contribution in [1.82, 2.24) is 4.90 Å². The zero-order valence-corrected chi connectivity index (χ0v) is 11.7. The Labute approximate surface area is 114 Å². The predicted molar refractivity (Wildman–Crippen MR) is 75.1 cm³/mol. The van der Waals surface area contributed by atoms with Crippen LogP contribution in [0.1, 0.15) is 24.9 Å². The van der Waals surface area contributed by atoms with Gasteiger partial charge < -0.3 is 9.64 Å². The monoisotopic (exact) mass is 265 g/mol. The van der Waals surface area contributed by atoms with Gasteiger partial charge in [0.1, 0.15) is 5.75 Å². The highest BCUT2D eigenvalue weighted by Gasteiger charge is 2.32. The molecule has 0 N–H and O–H groups in total. The standard InChI is InChI=1S/C14H19NO2S/c1-10(12-3-5-13(17-2)6-4-12)15-8-11(9-18)7-14(15)16/h3-6,10-11,18H,7-9H2,1-2H3. The third-order valence-electron chi connectivity index (χ3n) is 3.56. The van der Waals surface area contributed by atoms with Crippen molar-refractivity contribution >= 4 is 18.5 Å². The van der Waals surface area contributed by atoms with Gasteiger partial charge in [0.25, 0.3) is 0 Å². The molecule has 1 fully saturated rings. The Kier molecular flexibility index (Phi) is 4.17. The van der Waals surface area contributed by atoms with Gasteiger partial charge in [-0.1, -0.05) is 12.1 Å². The van der Waals surface area contributed by atoms with E-state index in [9.17, 15) is 4.79 Å². The molecule has 2 atom stereocenters. The smallest absolute Gasteiger partial charge is 0.223 e. The summed E-state index contributed by atoms with van der Waals surface area (Å²) in [5.41, 5.74) is 1.14. The Balaban J connectivity index is 2.10. The van der Waals surface area contributed by atoms with Gasteiger partial charge in [-0.25, -0.2) is 0 Å². The number of rotatable bonds is 4. The third-order valence-corrected chi connectivity index (χ3v) is 4.08. The van der Waals surface area contributed by atoms with E-state index in [0.717, 1.165) is 23.6 Å². The van der Waals surface area contributed by atoms with Gasteiger partial charge in [0, 0.05) is 13.0 Å². The number of carbonyl (C=O) groups is 1. The van der Waals surface area contributed by atoms with Crippen LogP contribution in [0.4, 0.5) is 0 Å². The zero-order chi connectivity index (χ0) is 13.1. The molecule has 1 aromatic rings. The minimum atomic E-state index is 0.119. The van der Waals surface area contributed by atoms with Crippen molar-refractivity contribution in [2.75, 3.05) is 19.4 Å². The molecule has 2 rings (SSSR count). The lowest BCUT2D eigenvalue weighted by molar-refractivity contribution is -0.129. The van der Waals surface area contributed by atoms with Crippen LogP contribution in [0.3, 0.4) is 0 Å². The van der Waals surface area contributed by atoms with E-state index >= 15 is 0 Å². The maximum atomic E-state index is 11.9. The maximum Gasteiger partial charge on any atom is 0.223 e. The highest BCUT2D eigenvalue weighted by Crippen LogP contribution is 2.29. The number of ether oxygens (including phenoxy) is 1. The Morgan fingerprint density at radius 3 is 2.61 bits per heavy atom. The van der Waals surface area contributed by atoms with Crippen LogP contribution in [0.2, 0.25) is 0 Å². The first-order chi connectivity index (χ1) is 8.65. The Bertz CT molecular complexity index is 418. The van der Waals surface area contributed by atoms with Crippen molar-refractivity contribution in [3.05, 3.63) is 29.8 Å². The minimum absolute atomic E-state index is 0.119. The number of benzene rings is 1. The van der Waals surface area contributed by atoms with Crippen molar-refractivity contribution in [1.29, 1.82) is 0 Å². The van der Waals surface area contributed by atoms with E-state index in [2.05, 4.69) is 19.6 Å². The topological polar surface area (TPSA) is 29.5 Å². The van der Waals surface area contributed by atoms with Gasteiger partial charge in [-0.3, -0.25) is 4.79 Å². The number of amides is 1. The summed E-state index contributed by atoms with van der Waals surface area (Å²) in [6, 6.07) is 8.02. The number of carbonyl (C=O) groups excluding carboxylic acids is 1. The number of methoxy groups -OCH3 is 1. The summed E-state index contributed by atoms with van der Waals surface area (Å²) < 4.78 is 5.14. The van der Waals surface area contributed by atoms with Crippen molar-refractivity contribution in [2.45, 2.75) is 19.4 Å². The van der Waals surface area contributed by atoms with Crippen LogP contribution in [0, 0.1) is 5.92 Å². The van der Waals surface area contributed by atoms with Crippen LogP contribution in [-0.2, 0) is 4.79 Å². The molecule has 1 amide bonds. The first-order valence-corrected chi connectivity index (χ1v) is 6.83. The molecule has 0 spiro atoms. The van der Waals surface area contributed by atoms with Crippen LogP contribution in [0.25, 0.3) is 0 Å². The summed E-state index contributed by atoms with van der Waals surface area (Å²) in [6.45, 7) is 2.89. The second-order valence-corrected chi connectivity index (χ2v) is 5.11. The molecule has 0 aromatic heterocycles. The van der Waals surface area contributed by atoms with E-state index in [1.54, 1.807) is 7.11 Å². The Hall–Kier alpha value is -1.16. The van der Waals surface area contributed by atoms with Crippen LogP contribution >= 0.6 is 12.6 Å². The number of hydrogen-bond donors (Lipinski definition) is 1. The van der Waals surface area contributed by atoms with Gasteiger partial charge >= 0.3 is 0 Å². The summed E-state index contributed by atoms with van der Waals surface area (Å²) in [7, 11) is 1.65. The highest BCUT2D eigenvalue weighted by atomic mass is 32.1. The molecule has 1 aliphatic heterocycles. The zero-order valence-electron chi connectivity index (χ0n) is 10.8. The summed E-state index contributed by atoms with van der Waals surface area (Å²) in [5.74, 6) is 2.24. The second kappa shape index (κ2) is 5.65. The van der Waals surface area contributed by atoms with Crippen molar-refractivity contribution < 1.29 is 9.53 Å². The van der Waals surface area contributed by atoms with Crippen molar-refractivity contribution in [3.63, 3.8) is 0 Å². The lowest BCUT2D eigenvalue weighted by Crippen LogP contribution is -2.28. The van der Waals surface area contributed by atoms with Gasteiger partial charge in [0.05, 0.1) is 13.2 Å². The van der Waals surface area contributed by atoms with Gasteiger partial charge in [-0.15, -0.1) is 0 Å². The summed E-state index contributed by atoms with van der Waals surface area (Å²) >= 11 is 4.28. The number of hydrogen-bond acceptors (Lipinski definition) is 3. The first kappa shape index (κ1) is 13.3. The molecule has 1 aliphatic rings. The molecular formula is C14H19NO2S. The van der Waals surface area contributed by atoms with Crippen LogP contribution < -0.4 is 4.74 Å². The molecule has 0 aliphatic carbocycles. The minimum Gasteiger partial charge on any atom is -0.497 e. The van der Waals surface area contributed by atoms with E-state index in [-0.39, 0.29) is 11.9 Å². The molecule has 1 aromatic carbocycles. The molecule has 4 heteroatoms. The van der Waals surface area contributed by atoms with E-state index in [1.165, 1.54) is 0 Å². The van der Waals surface area contributed by atoms with Gasteiger partial charge in [0.15, 0.2) is 0 Å². The fraction of sp³-hybridized carbons (Fsp3) is 0.500. The fourth-order valence-electron chi connectivity index (χ4n) is 2.37. The average Bonchev–Trinajstić information content (AvgIpc) is 2.79. The maximum absolute atomic E-state index is 11.9. The van der Waals surface area contributed by atoms with Crippen LogP contribution in [0.15, 0.2) is 24.3 Å². The summed E-state index contributed by atoms with van der Waals surface area (Å²) in [4.78, 5) is 13.9. The normalized spacial score (nSPS) is 21.2. The highest BCUT2D eigenvalue weighted by molar-refractivity contribution is 7.80. The molecule has 2 unspecified atom stereocenters. The Morgan fingerprint density at radius 2 is 2.11 bits per heavy atom. The van der Waals surface area contributed by atoms with Crippen molar-refractivity contribution in [3.8, 4) is 5.75 Å². The number of thiol groups is 1.